The Kier molecular flexibility index (Phi) is 10.2. The summed E-state index contributed by atoms with van der Waals surface area (Å²) in [4.78, 5) is 24.7. The standard InChI is InChI=1S/C58H40N6/c1-3-15-39(16-4-1)41-23-24-51-56(38-41)63-58(64-57(51)40-17-5-2-6-18-40)50-34-42(44-30-46(52-19-7-11-25-59-52)36-47(31-44)53-20-8-12-26-60-53)29-43(35-50)45-32-48(54-21-9-13-27-61-54)37-49(33-45)55-22-10-14-28-62-55/h1-38,58,63H. The zero-order valence-electron chi connectivity index (χ0n) is 34.8. The maximum absolute atomic E-state index is 5.56. The third-order valence-electron chi connectivity index (χ3n) is 11.6. The van der Waals surface area contributed by atoms with Gasteiger partial charge in [0.15, 0.2) is 0 Å². The second kappa shape index (κ2) is 17.0. The molecule has 0 saturated heterocycles. The lowest BCUT2D eigenvalue weighted by atomic mass is 9.90. The summed E-state index contributed by atoms with van der Waals surface area (Å²) in [5.74, 6) is 0. The van der Waals surface area contributed by atoms with E-state index in [9.17, 15) is 0 Å². The molecule has 1 aliphatic heterocycles. The van der Waals surface area contributed by atoms with E-state index >= 15 is 0 Å². The predicted molar refractivity (Wildman–Crippen MR) is 261 cm³/mol. The molecule has 64 heavy (non-hydrogen) atoms. The molecule has 0 bridgehead atoms. The van der Waals surface area contributed by atoms with Crippen LogP contribution in [0, 0.1) is 0 Å². The average molecular weight is 821 g/mol. The van der Waals surface area contributed by atoms with Gasteiger partial charge in [-0.05, 0) is 148 Å². The zero-order valence-corrected chi connectivity index (χ0v) is 34.8. The molecule has 0 spiro atoms. The van der Waals surface area contributed by atoms with Gasteiger partial charge in [0.1, 0.15) is 6.17 Å². The Bertz CT molecular complexity index is 3010. The highest BCUT2D eigenvalue weighted by Crippen LogP contribution is 2.41. The summed E-state index contributed by atoms with van der Waals surface area (Å²) in [5.41, 5.74) is 19.1. The van der Waals surface area contributed by atoms with Crippen molar-refractivity contribution in [2.45, 2.75) is 6.17 Å². The Balaban J connectivity index is 1.14. The SMILES string of the molecule is c1ccc(C2=NC(c3cc(-c4cc(-c5ccccn5)cc(-c5ccccn5)c4)cc(-c4cc(-c5ccccn5)cc(-c5ccccn5)c4)c3)Nc3cc(-c4ccccc4)ccc32)cc1. The van der Waals surface area contributed by atoms with Crippen molar-refractivity contribution in [2.75, 3.05) is 5.32 Å². The summed E-state index contributed by atoms with van der Waals surface area (Å²) in [6.07, 6.45) is 6.94. The summed E-state index contributed by atoms with van der Waals surface area (Å²) in [6, 6.07) is 71.9. The lowest BCUT2D eigenvalue weighted by Crippen LogP contribution is -2.21. The van der Waals surface area contributed by atoms with Crippen molar-refractivity contribution in [3.8, 4) is 78.4 Å². The molecule has 6 heteroatoms. The van der Waals surface area contributed by atoms with Gasteiger partial charge < -0.3 is 5.32 Å². The van der Waals surface area contributed by atoms with Crippen molar-refractivity contribution in [3.05, 3.63) is 248 Å². The third-order valence-corrected chi connectivity index (χ3v) is 11.6. The summed E-state index contributed by atoms with van der Waals surface area (Å²) < 4.78 is 0. The summed E-state index contributed by atoms with van der Waals surface area (Å²) in [5, 5.41) is 3.90. The Hall–Kier alpha value is -8.61. The van der Waals surface area contributed by atoms with Gasteiger partial charge in [0.05, 0.1) is 28.5 Å². The fourth-order valence-corrected chi connectivity index (χ4v) is 8.50. The van der Waals surface area contributed by atoms with Crippen LogP contribution in [0.25, 0.3) is 78.4 Å². The van der Waals surface area contributed by atoms with Gasteiger partial charge in [-0.1, -0.05) is 97.1 Å². The number of hydrogen-bond acceptors (Lipinski definition) is 6. The summed E-state index contributed by atoms with van der Waals surface area (Å²) in [6.45, 7) is 0. The van der Waals surface area contributed by atoms with E-state index in [-0.39, 0.29) is 0 Å². The van der Waals surface area contributed by atoms with Gasteiger partial charge in [0, 0.05) is 63.9 Å². The van der Waals surface area contributed by atoms with Crippen LogP contribution in [0.1, 0.15) is 22.9 Å². The van der Waals surface area contributed by atoms with Crippen LogP contribution in [0.5, 0.6) is 0 Å². The number of aromatic nitrogens is 4. The van der Waals surface area contributed by atoms with Crippen LogP contribution in [-0.4, -0.2) is 25.6 Å². The first kappa shape index (κ1) is 38.3. The van der Waals surface area contributed by atoms with Crippen molar-refractivity contribution in [2.24, 2.45) is 4.99 Å². The van der Waals surface area contributed by atoms with E-state index in [1.165, 1.54) is 0 Å². The van der Waals surface area contributed by atoms with E-state index in [1.807, 2.05) is 79.4 Å². The molecule has 4 aromatic heterocycles. The second-order valence-corrected chi connectivity index (χ2v) is 15.8. The fourth-order valence-electron chi connectivity index (χ4n) is 8.50. The molecule has 11 rings (SSSR count). The molecule has 302 valence electrons. The predicted octanol–water partition coefficient (Wildman–Crippen LogP) is 13.9. The first-order valence-electron chi connectivity index (χ1n) is 21.4. The van der Waals surface area contributed by atoms with E-state index in [1.54, 1.807) is 0 Å². The first-order valence-corrected chi connectivity index (χ1v) is 21.4. The Morgan fingerprint density at radius 1 is 0.297 bits per heavy atom. The van der Waals surface area contributed by atoms with E-state index < -0.39 is 6.17 Å². The topological polar surface area (TPSA) is 76.0 Å². The monoisotopic (exact) mass is 820 g/mol. The molecule has 10 aromatic rings. The maximum Gasteiger partial charge on any atom is 0.145 e. The maximum atomic E-state index is 5.56. The van der Waals surface area contributed by atoms with Crippen molar-refractivity contribution >= 4 is 11.4 Å². The number of pyridine rings is 4. The number of fused-ring (bicyclic) bond motifs is 1. The molecule has 0 aliphatic carbocycles. The van der Waals surface area contributed by atoms with Gasteiger partial charge in [-0.25, -0.2) is 0 Å². The molecule has 0 radical (unpaired) electrons. The smallest absolute Gasteiger partial charge is 0.145 e. The number of nitrogens with zero attached hydrogens (tertiary/aromatic N) is 5. The van der Waals surface area contributed by atoms with Gasteiger partial charge >= 0.3 is 0 Å². The minimum atomic E-state index is -0.420. The number of rotatable bonds is 9. The molecule has 0 amide bonds. The van der Waals surface area contributed by atoms with Crippen LogP contribution in [-0.2, 0) is 0 Å². The van der Waals surface area contributed by atoms with Gasteiger partial charge in [0.25, 0.3) is 0 Å². The van der Waals surface area contributed by atoms with Crippen molar-refractivity contribution in [3.63, 3.8) is 0 Å². The number of aliphatic imine (C=N–C) groups is 1. The van der Waals surface area contributed by atoms with Crippen LogP contribution in [0.15, 0.2) is 236 Å². The van der Waals surface area contributed by atoms with Gasteiger partial charge in [-0.15, -0.1) is 0 Å². The van der Waals surface area contributed by atoms with Gasteiger partial charge in [0.2, 0.25) is 0 Å². The molecular weight excluding hydrogens is 781 g/mol. The Labute approximate surface area is 372 Å². The van der Waals surface area contributed by atoms with Crippen LogP contribution in [0.3, 0.4) is 0 Å². The molecule has 1 unspecified atom stereocenters. The molecule has 5 heterocycles. The number of hydrogen-bond donors (Lipinski definition) is 1. The van der Waals surface area contributed by atoms with Crippen molar-refractivity contribution < 1.29 is 0 Å². The third kappa shape index (κ3) is 7.88. The normalized spacial score (nSPS) is 13.1. The molecule has 6 nitrogen and oxygen atoms in total. The Morgan fingerprint density at radius 2 is 0.688 bits per heavy atom. The van der Waals surface area contributed by atoms with E-state index in [4.69, 9.17) is 24.9 Å². The second-order valence-electron chi connectivity index (χ2n) is 15.8. The summed E-state index contributed by atoms with van der Waals surface area (Å²) >= 11 is 0. The van der Waals surface area contributed by atoms with E-state index in [0.29, 0.717) is 0 Å². The van der Waals surface area contributed by atoms with Crippen LogP contribution < -0.4 is 5.32 Å². The molecule has 6 aromatic carbocycles. The van der Waals surface area contributed by atoms with Crippen LogP contribution in [0.2, 0.25) is 0 Å². The largest absolute Gasteiger partial charge is 0.359 e. The minimum Gasteiger partial charge on any atom is -0.359 e. The molecule has 1 atom stereocenters. The molecule has 1 aliphatic rings. The zero-order chi connectivity index (χ0) is 42.7. The fraction of sp³-hybridized carbons (Fsp3) is 0.0172. The molecule has 1 N–H and O–H groups in total. The average Bonchev–Trinajstić information content (AvgIpc) is 3.39. The highest BCUT2D eigenvalue weighted by molar-refractivity contribution is 6.17. The number of benzene rings is 6. The quantitative estimate of drug-likeness (QED) is 0.157. The van der Waals surface area contributed by atoms with Crippen molar-refractivity contribution in [1.82, 2.24) is 19.9 Å². The first-order chi connectivity index (χ1) is 31.7. The van der Waals surface area contributed by atoms with Gasteiger partial charge in [-0.3, -0.25) is 24.9 Å². The van der Waals surface area contributed by atoms with E-state index in [2.05, 4.69) is 157 Å². The highest BCUT2D eigenvalue weighted by atomic mass is 15.1. The lowest BCUT2D eigenvalue weighted by Gasteiger charge is -2.28. The molecule has 0 fully saturated rings. The summed E-state index contributed by atoms with van der Waals surface area (Å²) in [7, 11) is 0. The van der Waals surface area contributed by atoms with E-state index in [0.717, 1.165) is 106 Å². The number of anilines is 1. The van der Waals surface area contributed by atoms with Gasteiger partial charge in [-0.2, -0.15) is 0 Å². The Morgan fingerprint density at radius 3 is 1.12 bits per heavy atom. The number of nitrogens with one attached hydrogen (secondary N) is 1. The molecular formula is C58H40N6. The molecule has 0 saturated carbocycles. The lowest BCUT2D eigenvalue weighted by molar-refractivity contribution is 0.829. The minimum absolute atomic E-state index is 0.420. The van der Waals surface area contributed by atoms with Crippen LogP contribution >= 0.6 is 0 Å². The van der Waals surface area contributed by atoms with Crippen LogP contribution in [0.4, 0.5) is 5.69 Å². The highest BCUT2D eigenvalue weighted by Gasteiger charge is 2.25. The van der Waals surface area contributed by atoms with Crippen molar-refractivity contribution in [1.29, 1.82) is 0 Å².